The van der Waals surface area contributed by atoms with Crippen molar-refractivity contribution in [3.05, 3.63) is 45.3 Å². The minimum Gasteiger partial charge on any atom is -0.245 e. The van der Waals surface area contributed by atoms with E-state index in [9.17, 15) is 18.0 Å². The average Bonchev–Trinajstić information content (AvgIpc) is 2.57. The minimum absolute atomic E-state index is 0.167. The Kier molecular flexibility index (Phi) is 3.16. The van der Waals surface area contributed by atoms with E-state index < -0.39 is 18.1 Å². The van der Waals surface area contributed by atoms with E-state index in [4.69, 9.17) is 11.6 Å². The molecule has 1 aromatic carbocycles. The topological polar surface area (TPSA) is 39.8 Å². The Balaban J connectivity index is 2.69. The van der Waals surface area contributed by atoms with Gasteiger partial charge in [-0.05, 0) is 25.1 Å². The van der Waals surface area contributed by atoms with Gasteiger partial charge in [0.25, 0.3) is 0 Å². The second-order valence-corrected chi connectivity index (χ2v) is 3.92. The molecule has 2 rings (SSSR count). The maximum atomic E-state index is 13.5. The molecule has 0 N–H and O–H groups in total. The van der Waals surface area contributed by atoms with Crippen molar-refractivity contribution in [2.75, 3.05) is 0 Å². The van der Waals surface area contributed by atoms with Crippen LogP contribution in [0, 0.1) is 12.7 Å². The van der Waals surface area contributed by atoms with Gasteiger partial charge in [-0.25, -0.2) is 13.8 Å². The zero-order valence-corrected chi connectivity index (χ0v) is 9.83. The van der Waals surface area contributed by atoms with Gasteiger partial charge in [0.15, 0.2) is 0 Å². The summed E-state index contributed by atoms with van der Waals surface area (Å²) in [6.45, 7) is -1.81. The summed E-state index contributed by atoms with van der Waals surface area (Å²) in [4.78, 5) is 11.7. The van der Waals surface area contributed by atoms with Gasteiger partial charge in [-0.15, -0.1) is 5.10 Å². The van der Waals surface area contributed by atoms with Gasteiger partial charge in [0.1, 0.15) is 17.3 Å². The third-order valence-corrected chi connectivity index (χ3v) is 2.55. The first kappa shape index (κ1) is 12.7. The molecule has 0 unspecified atom stereocenters. The first-order chi connectivity index (χ1) is 8.41. The van der Waals surface area contributed by atoms with Crippen molar-refractivity contribution in [1.82, 2.24) is 14.3 Å². The molecule has 96 valence electrons. The molecule has 0 bridgehead atoms. The number of hydrogen-bond acceptors (Lipinski definition) is 2. The van der Waals surface area contributed by atoms with E-state index in [0.29, 0.717) is 4.68 Å². The molecule has 0 radical (unpaired) electrons. The minimum atomic E-state index is -3.03. The van der Waals surface area contributed by atoms with Crippen LogP contribution in [0.1, 0.15) is 12.4 Å². The molecule has 0 fully saturated rings. The van der Waals surface area contributed by atoms with Crippen molar-refractivity contribution in [1.29, 1.82) is 0 Å². The summed E-state index contributed by atoms with van der Waals surface area (Å²) in [5.41, 5.74) is -1.39. The number of benzene rings is 1. The van der Waals surface area contributed by atoms with Gasteiger partial charge in [-0.3, -0.25) is 0 Å². The third kappa shape index (κ3) is 2.01. The fourth-order valence-corrected chi connectivity index (χ4v) is 1.67. The fourth-order valence-electron chi connectivity index (χ4n) is 1.51. The average molecular weight is 278 g/mol. The summed E-state index contributed by atoms with van der Waals surface area (Å²) >= 11 is 5.66. The van der Waals surface area contributed by atoms with E-state index in [1.54, 1.807) is 0 Å². The predicted octanol–water partition coefficient (Wildman–Crippen LogP) is 2.53. The first-order valence-electron chi connectivity index (χ1n) is 4.83. The summed E-state index contributed by atoms with van der Waals surface area (Å²) in [7, 11) is 0. The van der Waals surface area contributed by atoms with E-state index in [0.717, 1.165) is 12.1 Å². The molecule has 0 aliphatic rings. The van der Waals surface area contributed by atoms with Gasteiger partial charge < -0.3 is 0 Å². The van der Waals surface area contributed by atoms with Crippen molar-refractivity contribution in [3.63, 3.8) is 0 Å². The van der Waals surface area contributed by atoms with E-state index in [1.165, 1.54) is 13.0 Å². The standard InChI is InChI=1S/C10H7ClF3N3O/c1-5-15-17(10(18)16(5)9(13)14)8-4-6(11)2-3-7(8)12/h2-4,9H,1H3. The molecule has 0 saturated carbocycles. The van der Waals surface area contributed by atoms with E-state index in [-0.39, 0.29) is 21.1 Å². The van der Waals surface area contributed by atoms with Gasteiger partial charge in [-0.1, -0.05) is 11.6 Å². The Morgan fingerprint density at radius 2 is 2.06 bits per heavy atom. The summed E-state index contributed by atoms with van der Waals surface area (Å²) < 4.78 is 39.4. The second-order valence-electron chi connectivity index (χ2n) is 3.48. The monoisotopic (exact) mass is 277 g/mol. The number of halogens is 4. The normalized spacial score (nSPS) is 11.2. The quantitative estimate of drug-likeness (QED) is 0.846. The van der Waals surface area contributed by atoms with Crippen LogP contribution in [-0.4, -0.2) is 14.3 Å². The van der Waals surface area contributed by atoms with Gasteiger partial charge in [-0.2, -0.15) is 13.5 Å². The molecule has 1 heterocycles. The molecule has 2 aromatic rings. The van der Waals surface area contributed by atoms with Crippen LogP contribution in [0.15, 0.2) is 23.0 Å². The molecule has 8 heteroatoms. The predicted molar refractivity (Wildman–Crippen MR) is 58.8 cm³/mol. The molecular weight excluding hydrogens is 271 g/mol. The Morgan fingerprint density at radius 3 is 2.61 bits per heavy atom. The van der Waals surface area contributed by atoms with Crippen LogP contribution >= 0.6 is 11.6 Å². The highest BCUT2D eigenvalue weighted by atomic mass is 35.5. The first-order valence-corrected chi connectivity index (χ1v) is 5.21. The van der Waals surface area contributed by atoms with Crippen molar-refractivity contribution >= 4 is 11.6 Å². The van der Waals surface area contributed by atoms with Gasteiger partial charge in [0, 0.05) is 5.02 Å². The zero-order valence-electron chi connectivity index (χ0n) is 9.07. The molecule has 0 aliphatic heterocycles. The number of rotatable bonds is 2. The highest BCUT2D eigenvalue weighted by molar-refractivity contribution is 6.30. The lowest BCUT2D eigenvalue weighted by Gasteiger charge is -2.02. The molecule has 0 spiro atoms. The molecule has 0 atom stereocenters. The number of aromatic nitrogens is 3. The van der Waals surface area contributed by atoms with Crippen LogP contribution in [0.25, 0.3) is 5.69 Å². The molecule has 0 aliphatic carbocycles. The molecule has 18 heavy (non-hydrogen) atoms. The van der Waals surface area contributed by atoms with Gasteiger partial charge >= 0.3 is 12.2 Å². The SMILES string of the molecule is Cc1nn(-c2cc(Cl)ccc2F)c(=O)n1C(F)F. The van der Waals surface area contributed by atoms with Crippen LogP contribution in [0.2, 0.25) is 5.02 Å². The smallest absolute Gasteiger partial charge is 0.245 e. The summed E-state index contributed by atoms with van der Waals surface area (Å²) in [6.07, 6.45) is 0. The Hall–Kier alpha value is -1.76. The van der Waals surface area contributed by atoms with Crippen molar-refractivity contribution < 1.29 is 13.2 Å². The van der Waals surface area contributed by atoms with Crippen LogP contribution < -0.4 is 5.69 Å². The van der Waals surface area contributed by atoms with Crippen LogP contribution in [0.3, 0.4) is 0 Å². The molecule has 1 aromatic heterocycles. The van der Waals surface area contributed by atoms with Crippen LogP contribution in [-0.2, 0) is 0 Å². The maximum absolute atomic E-state index is 13.5. The highest BCUT2D eigenvalue weighted by Gasteiger charge is 2.19. The lowest BCUT2D eigenvalue weighted by Crippen LogP contribution is -2.25. The number of alkyl halides is 2. The van der Waals surface area contributed by atoms with Crippen LogP contribution in [0.5, 0.6) is 0 Å². The van der Waals surface area contributed by atoms with Crippen molar-refractivity contribution in [3.8, 4) is 5.69 Å². The summed E-state index contributed by atoms with van der Waals surface area (Å²) in [5.74, 6) is -0.991. The fraction of sp³-hybridized carbons (Fsp3) is 0.200. The maximum Gasteiger partial charge on any atom is 0.355 e. The highest BCUT2D eigenvalue weighted by Crippen LogP contribution is 2.18. The van der Waals surface area contributed by atoms with Crippen molar-refractivity contribution in [2.45, 2.75) is 13.5 Å². The molecular formula is C10H7ClF3N3O. The van der Waals surface area contributed by atoms with E-state index in [2.05, 4.69) is 5.10 Å². The summed E-state index contributed by atoms with van der Waals surface area (Å²) in [5, 5.41) is 3.76. The lowest BCUT2D eigenvalue weighted by atomic mass is 10.3. The number of nitrogens with zero attached hydrogens (tertiary/aromatic N) is 3. The van der Waals surface area contributed by atoms with E-state index in [1.807, 2.05) is 0 Å². The third-order valence-electron chi connectivity index (χ3n) is 2.31. The van der Waals surface area contributed by atoms with Crippen molar-refractivity contribution in [2.24, 2.45) is 0 Å². The van der Waals surface area contributed by atoms with E-state index >= 15 is 0 Å². The summed E-state index contributed by atoms with van der Waals surface area (Å²) in [6, 6.07) is 3.45. The number of aryl methyl sites for hydroxylation is 1. The molecule has 0 saturated heterocycles. The molecule has 4 nitrogen and oxygen atoms in total. The van der Waals surface area contributed by atoms with Gasteiger partial charge in [0.2, 0.25) is 0 Å². The molecule has 0 amide bonds. The second kappa shape index (κ2) is 4.49. The zero-order chi connectivity index (χ0) is 13.4. The largest absolute Gasteiger partial charge is 0.355 e. The Bertz CT molecular complexity index is 650. The lowest BCUT2D eigenvalue weighted by molar-refractivity contribution is 0.0640. The van der Waals surface area contributed by atoms with Gasteiger partial charge in [0.05, 0.1) is 0 Å². The van der Waals surface area contributed by atoms with Crippen LogP contribution in [0.4, 0.5) is 13.2 Å². The Labute approximate surface area is 104 Å². The Morgan fingerprint density at radius 1 is 1.39 bits per heavy atom. The number of hydrogen-bond donors (Lipinski definition) is 0.